The molecule has 0 heterocycles. The molecule has 84 valence electrons. The average molecular weight is 207 g/mol. The van der Waals surface area contributed by atoms with Crippen LogP contribution in [-0.4, -0.2) is 5.78 Å². The molecule has 1 aliphatic rings. The standard InChI is InChI=1S/C13H21NO/c1-10(2)11(9-14)12(15)13(3)7-5-4-6-8-13/h10-11H,4-8H2,1-3H3. The summed E-state index contributed by atoms with van der Waals surface area (Å²) in [6.45, 7) is 5.96. The van der Waals surface area contributed by atoms with E-state index >= 15 is 0 Å². The van der Waals surface area contributed by atoms with E-state index in [0.717, 1.165) is 25.7 Å². The molecule has 1 fully saturated rings. The molecule has 0 aliphatic heterocycles. The Labute approximate surface area is 92.7 Å². The van der Waals surface area contributed by atoms with E-state index in [2.05, 4.69) is 6.07 Å². The Kier molecular flexibility index (Phi) is 3.90. The van der Waals surface area contributed by atoms with Crippen molar-refractivity contribution < 1.29 is 4.79 Å². The second-order valence-corrected chi connectivity index (χ2v) is 5.34. The number of hydrogen-bond acceptors (Lipinski definition) is 2. The fourth-order valence-corrected chi connectivity index (χ4v) is 2.46. The zero-order chi connectivity index (χ0) is 11.5. The van der Waals surface area contributed by atoms with Crippen molar-refractivity contribution in [1.29, 1.82) is 5.26 Å². The van der Waals surface area contributed by atoms with E-state index in [4.69, 9.17) is 5.26 Å². The van der Waals surface area contributed by atoms with E-state index < -0.39 is 5.92 Å². The van der Waals surface area contributed by atoms with Crippen molar-refractivity contribution in [2.24, 2.45) is 17.3 Å². The number of nitriles is 1. The van der Waals surface area contributed by atoms with Gasteiger partial charge in [-0.1, -0.05) is 40.0 Å². The third-order valence-electron chi connectivity index (χ3n) is 3.64. The van der Waals surface area contributed by atoms with Crippen LogP contribution in [0.15, 0.2) is 0 Å². The van der Waals surface area contributed by atoms with Gasteiger partial charge in [0.2, 0.25) is 0 Å². The molecule has 0 aromatic rings. The second-order valence-electron chi connectivity index (χ2n) is 5.34. The third kappa shape index (κ3) is 2.59. The van der Waals surface area contributed by atoms with Gasteiger partial charge in [0, 0.05) is 5.41 Å². The first kappa shape index (κ1) is 12.2. The Morgan fingerprint density at radius 3 is 2.20 bits per heavy atom. The summed E-state index contributed by atoms with van der Waals surface area (Å²) in [7, 11) is 0. The smallest absolute Gasteiger partial charge is 0.156 e. The van der Waals surface area contributed by atoms with Crippen molar-refractivity contribution in [1.82, 2.24) is 0 Å². The Hall–Kier alpha value is -0.840. The molecular weight excluding hydrogens is 186 g/mol. The molecule has 0 spiro atoms. The molecule has 2 nitrogen and oxygen atoms in total. The third-order valence-corrected chi connectivity index (χ3v) is 3.64. The Morgan fingerprint density at radius 2 is 1.80 bits per heavy atom. The number of carbonyl (C=O) groups is 1. The highest BCUT2D eigenvalue weighted by Crippen LogP contribution is 2.39. The molecule has 1 saturated carbocycles. The molecule has 0 amide bonds. The lowest BCUT2D eigenvalue weighted by Crippen LogP contribution is -2.36. The maximum atomic E-state index is 12.3. The van der Waals surface area contributed by atoms with Crippen molar-refractivity contribution in [3.8, 4) is 6.07 Å². The fraction of sp³-hybridized carbons (Fsp3) is 0.846. The lowest BCUT2D eigenvalue weighted by Gasteiger charge is -2.34. The quantitative estimate of drug-likeness (QED) is 0.712. The number of ketones is 1. The zero-order valence-corrected chi connectivity index (χ0v) is 10.0. The van der Waals surface area contributed by atoms with E-state index in [1.165, 1.54) is 6.42 Å². The van der Waals surface area contributed by atoms with Crippen LogP contribution in [0.2, 0.25) is 0 Å². The predicted octanol–water partition coefficient (Wildman–Crippen LogP) is 3.32. The minimum Gasteiger partial charge on any atom is -0.298 e. The summed E-state index contributed by atoms with van der Waals surface area (Å²) in [6, 6.07) is 2.17. The number of Topliss-reactive ketones (excluding diaryl/α,β-unsaturated/α-hetero) is 1. The molecule has 0 saturated heterocycles. The van der Waals surface area contributed by atoms with Crippen LogP contribution in [-0.2, 0) is 4.79 Å². The summed E-state index contributed by atoms with van der Waals surface area (Å²) in [5.41, 5.74) is -0.219. The van der Waals surface area contributed by atoms with Crippen LogP contribution < -0.4 is 0 Å². The van der Waals surface area contributed by atoms with Crippen LogP contribution in [0.5, 0.6) is 0 Å². The number of nitrogens with zero attached hydrogens (tertiary/aromatic N) is 1. The summed E-state index contributed by atoms with van der Waals surface area (Å²) in [5.74, 6) is -0.0888. The van der Waals surface area contributed by atoms with E-state index in [1.54, 1.807) is 0 Å². The van der Waals surface area contributed by atoms with Crippen molar-refractivity contribution >= 4 is 5.78 Å². The molecule has 15 heavy (non-hydrogen) atoms. The lowest BCUT2D eigenvalue weighted by molar-refractivity contribution is -0.133. The molecule has 0 N–H and O–H groups in total. The van der Waals surface area contributed by atoms with Crippen LogP contribution >= 0.6 is 0 Å². The monoisotopic (exact) mass is 207 g/mol. The number of hydrogen-bond donors (Lipinski definition) is 0. The van der Waals surface area contributed by atoms with Gasteiger partial charge >= 0.3 is 0 Å². The average Bonchev–Trinajstić information content (AvgIpc) is 2.19. The summed E-state index contributed by atoms with van der Waals surface area (Å²) < 4.78 is 0. The Bertz CT molecular complexity index is 269. The van der Waals surface area contributed by atoms with Gasteiger partial charge in [-0.3, -0.25) is 4.79 Å². The largest absolute Gasteiger partial charge is 0.298 e. The Balaban J connectivity index is 2.77. The first-order chi connectivity index (χ1) is 7.01. The van der Waals surface area contributed by atoms with Crippen molar-refractivity contribution in [3.63, 3.8) is 0 Å². The van der Waals surface area contributed by atoms with Gasteiger partial charge in [-0.2, -0.15) is 5.26 Å². The van der Waals surface area contributed by atoms with Gasteiger partial charge < -0.3 is 0 Å². The van der Waals surface area contributed by atoms with Gasteiger partial charge in [0.05, 0.1) is 6.07 Å². The van der Waals surface area contributed by atoms with E-state index in [1.807, 2.05) is 20.8 Å². The highest BCUT2D eigenvalue weighted by molar-refractivity contribution is 5.88. The lowest BCUT2D eigenvalue weighted by atomic mass is 9.68. The molecule has 0 aromatic carbocycles. The van der Waals surface area contributed by atoms with Gasteiger partial charge in [0.25, 0.3) is 0 Å². The van der Waals surface area contributed by atoms with Gasteiger partial charge in [0.1, 0.15) is 5.92 Å². The zero-order valence-electron chi connectivity index (χ0n) is 10.0. The molecule has 1 aliphatic carbocycles. The highest BCUT2D eigenvalue weighted by atomic mass is 16.1. The Morgan fingerprint density at radius 1 is 1.27 bits per heavy atom. The van der Waals surface area contributed by atoms with Crippen molar-refractivity contribution in [2.75, 3.05) is 0 Å². The molecule has 2 heteroatoms. The van der Waals surface area contributed by atoms with Gasteiger partial charge in [0.15, 0.2) is 5.78 Å². The SMILES string of the molecule is CC(C)C(C#N)C(=O)C1(C)CCCCC1. The minimum absolute atomic E-state index is 0.140. The van der Waals surface area contributed by atoms with Crippen LogP contribution in [0.3, 0.4) is 0 Å². The normalized spacial score (nSPS) is 22.1. The van der Waals surface area contributed by atoms with Crippen LogP contribution in [0, 0.1) is 28.6 Å². The van der Waals surface area contributed by atoms with E-state index in [-0.39, 0.29) is 17.1 Å². The van der Waals surface area contributed by atoms with E-state index in [0.29, 0.717) is 0 Å². The summed E-state index contributed by atoms with van der Waals surface area (Å²) in [6.07, 6.45) is 5.45. The summed E-state index contributed by atoms with van der Waals surface area (Å²) in [4.78, 5) is 12.3. The number of rotatable bonds is 3. The molecule has 0 aromatic heterocycles. The molecule has 1 rings (SSSR count). The fourth-order valence-electron chi connectivity index (χ4n) is 2.46. The molecular formula is C13H21NO. The topological polar surface area (TPSA) is 40.9 Å². The summed E-state index contributed by atoms with van der Waals surface area (Å²) in [5, 5.41) is 9.04. The first-order valence-electron chi connectivity index (χ1n) is 5.95. The maximum absolute atomic E-state index is 12.3. The van der Waals surface area contributed by atoms with Crippen LogP contribution in [0.4, 0.5) is 0 Å². The van der Waals surface area contributed by atoms with E-state index in [9.17, 15) is 4.79 Å². The van der Waals surface area contributed by atoms with Gasteiger partial charge in [-0.25, -0.2) is 0 Å². The summed E-state index contributed by atoms with van der Waals surface area (Å²) >= 11 is 0. The molecule has 1 atom stereocenters. The van der Waals surface area contributed by atoms with Gasteiger partial charge in [-0.05, 0) is 18.8 Å². The van der Waals surface area contributed by atoms with Crippen LogP contribution in [0.1, 0.15) is 52.9 Å². The number of carbonyl (C=O) groups excluding carboxylic acids is 1. The van der Waals surface area contributed by atoms with Crippen molar-refractivity contribution in [3.05, 3.63) is 0 Å². The predicted molar refractivity (Wildman–Crippen MR) is 60.1 cm³/mol. The molecule has 0 bridgehead atoms. The van der Waals surface area contributed by atoms with Gasteiger partial charge in [-0.15, -0.1) is 0 Å². The minimum atomic E-state index is -0.409. The molecule has 1 unspecified atom stereocenters. The maximum Gasteiger partial charge on any atom is 0.156 e. The van der Waals surface area contributed by atoms with Crippen molar-refractivity contribution in [2.45, 2.75) is 52.9 Å². The highest BCUT2D eigenvalue weighted by Gasteiger charge is 2.39. The second kappa shape index (κ2) is 4.79. The van der Waals surface area contributed by atoms with Crippen LogP contribution in [0.25, 0.3) is 0 Å². The molecule has 0 radical (unpaired) electrons. The first-order valence-corrected chi connectivity index (χ1v) is 5.95.